The molecule has 0 bridgehead atoms. The third-order valence-corrected chi connectivity index (χ3v) is 1.50. The van der Waals surface area contributed by atoms with Crippen LogP contribution in [0.5, 0.6) is 0 Å². The van der Waals surface area contributed by atoms with Crippen LogP contribution in [0, 0.1) is 0 Å². The van der Waals surface area contributed by atoms with Crippen LogP contribution >= 0.6 is 0 Å². The summed E-state index contributed by atoms with van der Waals surface area (Å²) in [4.78, 5) is 29.0. The fourth-order valence-electron chi connectivity index (χ4n) is 0.666. The van der Waals surface area contributed by atoms with Crippen molar-refractivity contribution in [3.8, 4) is 0 Å². The summed E-state index contributed by atoms with van der Waals surface area (Å²) >= 11 is 0. The lowest BCUT2D eigenvalue weighted by molar-refractivity contribution is -0.172. The molecule has 9 N–H and O–H groups in total. The van der Waals surface area contributed by atoms with Gasteiger partial charge < -0.3 is 41.5 Å². The number of carbonyl (C=O) groups is 3. The summed E-state index contributed by atoms with van der Waals surface area (Å²) in [6.45, 7) is 0. The van der Waals surface area contributed by atoms with Crippen molar-refractivity contribution in [1.82, 2.24) is 0 Å². The molecule has 11 heteroatoms. The highest BCUT2D eigenvalue weighted by atomic mass is 16.4. The highest BCUT2D eigenvalue weighted by molar-refractivity contribution is 5.75. The number of aliphatic hydroxyl groups is 4. The molecule has 0 heterocycles. The minimum absolute atomic E-state index is 1.33. The van der Waals surface area contributed by atoms with Crippen LogP contribution in [0.2, 0.25) is 0 Å². The highest BCUT2D eigenvalue weighted by Crippen LogP contribution is 2.05. The van der Waals surface area contributed by atoms with Crippen molar-refractivity contribution in [2.24, 2.45) is 5.73 Å². The van der Waals surface area contributed by atoms with Gasteiger partial charge in [-0.1, -0.05) is 0 Å². The van der Waals surface area contributed by atoms with Crippen molar-refractivity contribution < 1.29 is 50.1 Å². The molecule has 4 unspecified atom stereocenters. The SMILES string of the molecule is NC(=O)O.O=C(O)C(O)C(O)C(O)C(O)C(=O)O. The lowest BCUT2D eigenvalue weighted by Gasteiger charge is -2.21. The maximum atomic E-state index is 10.1. The first kappa shape index (κ1) is 18.4. The molecule has 18 heavy (non-hydrogen) atoms. The molecule has 0 aliphatic carbocycles. The van der Waals surface area contributed by atoms with Gasteiger partial charge >= 0.3 is 18.0 Å². The first-order chi connectivity index (χ1) is 8.02. The van der Waals surface area contributed by atoms with Crippen molar-refractivity contribution in [1.29, 1.82) is 0 Å². The number of nitrogens with two attached hydrogens (primary N) is 1. The summed E-state index contributed by atoms with van der Waals surface area (Å²) in [6.07, 6.45) is -10.6. The predicted octanol–water partition coefficient (Wildman–Crippen LogP) is -3.78. The third-order valence-electron chi connectivity index (χ3n) is 1.50. The Hall–Kier alpha value is -1.95. The van der Waals surface area contributed by atoms with Gasteiger partial charge in [-0.3, -0.25) is 0 Å². The summed E-state index contributed by atoms with van der Waals surface area (Å²) in [7, 11) is 0. The summed E-state index contributed by atoms with van der Waals surface area (Å²) in [5, 5.41) is 58.6. The monoisotopic (exact) mass is 271 g/mol. The minimum atomic E-state index is -2.36. The quantitative estimate of drug-likeness (QED) is 0.244. The Morgan fingerprint density at radius 1 is 0.722 bits per heavy atom. The van der Waals surface area contributed by atoms with Gasteiger partial charge in [0.05, 0.1) is 0 Å². The van der Waals surface area contributed by atoms with Crippen LogP contribution in [-0.2, 0) is 9.59 Å². The number of carboxylic acids is 2. The van der Waals surface area contributed by atoms with E-state index >= 15 is 0 Å². The molecule has 0 aliphatic heterocycles. The molecule has 106 valence electrons. The van der Waals surface area contributed by atoms with Gasteiger partial charge in [-0.2, -0.15) is 0 Å². The third kappa shape index (κ3) is 7.34. The number of amides is 1. The van der Waals surface area contributed by atoms with E-state index in [1.165, 1.54) is 0 Å². The molecule has 0 spiro atoms. The zero-order chi connectivity index (χ0) is 15.0. The molecule has 0 saturated heterocycles. The van der Waals surface area contributed by atoms with E-state index in [0.717, 1.165) is 0 Å². The fraction of sp³-hybridized carbons (Fsp3) is 0.571. The molecule has 0 fully saturated rings. The molecule has 0 aromatic rings. The number of primary amides is 1. The van der Waals surface area contributed by atoms with Crippen LogP contribution < -0.4 is 5.73 Å². The predicted molar refractivity (Wildman–Crippen MR) is 51.5 cm³/mol. The zero-order valence-corrected chi connectivity index (χ0v) is 8.74. The molecule has 0 aromatic carbocycles. The minimum Gasteiger partial charge on any atom is -0.479 e. The van der Waals surface area contributed by atoms with Gasteiger partial charge in [0, 0.05) is 0 Å². The molecule has 0 radical (unpaired) electrons. The standard InChI is InChI=1S/C6H10O8.CH3NO2/c7-1(3(9)5(11)12)2(8)4(10)6(13)14;2-1(3)4/h1-4,7-10H,(H,11,12)(H,13,14);2H2,(H,3,4). The molecule has 1 amide bonds. The van der Waals surface area contributed by atoms with Crippen molar-refractivity contribution in [2.45, 2.75) is 24.4 Å². The second-order valence-corrected chi connectivity index (χ2v) is 2.89. The fourth-order valence-corrected chi connectivity index (χ4v) is 0.666. The lowest BCUT2D eigenvalue weighted by atomic mass is 10.0. The Kier molecular flexibility index (Phi) is 8.38. The summed E-state index contributed by atoms with van der Waals surface area (Å²) in [5.41, 5.74) is 4.03. The van der Waals surface area contributed by atoms with Crippen molar-refractivity contribution in [2.75, 3.05) is 0 Å². The second kappa shape index (κ2) is 8.19. The lowest BCUT2D eigenvalue weighted by Crippen LogP contribution is -2.49. The average molecular weight is 271 g/mol. The second-order valence-electron chi connectivity index (χ2n) is 2.89. The maximum Gasteiger partial charge on any atom is 0.402 e. The average Bonchev–Trinajstić information content (AvgIpc) is 2.23. The molecular weight excluding hydrogens is 258 g/mol. The van der Waals surface area contributed by atoms with Gasteiger partial charge in [0.15, 0.2) is 12.2 Å². The Morgan fingerprint density at radius 2 is 0.889 bits per heavy atom. The number of aliphatic hydroxyl groups excluding tert-OH is 4. The molecule has 0 aliphatic rings. The van der Waals surface area contributed by atoms with E-state index in [9.17, 15) is 9.59 Å². The highest BCUT2D eigenvalue weighted by Gasteiger charge is 2.37. The van der Waals surface area contributed by atoms with E-state index in [1.807, 2.05) is 0 Å². The van der Waals surface area contributed by atoms with Crippen molar-refractivity contribution >= 4 is 18.0 Å². The van der Waals surface area contributed by atoms with Crippen molar-refractivity contribution in [3.05, 3.63) is 0 Å². The first-order valence-electron chi connectivity index (χ1n) is 4.18. The van der Waals surface area contributed by atoms with Gasteiger partial charge in [0.2, 0.25) is 0 Å². The Bertz CT molecular complexity index is 277. The van der Waals surface area contributed by atoms with Crippen LogP contribution in [0.1, 0.15) is 0 Å². The van der Waals surface area contributed by atoms with Crippen molar-refractivity contribution in [3.63, 3.8) is 0 Å². The first-order valence-corrected chi connectivity index (χ1v) is 4.18. The van der Waals surface area contributed by atoms with Crippen LogP contribution in [0.3, 0.4) is 0 Å². The van der Waals surface area contributed by atoms with E-state index in [-0.39, 0.29) is 0 Å². The van der Waals surface area contributed by atoms with Gasteiger partial charge in [-0.15, -0.1) is 0 Å². The summed E-state index contributed by atoms with van der Waals surface area (Å²) < 4.78 is 0. The van der Waals surface area contributed by atoms with Crippen LogP contribution in [-0.4, -0.2) is 78.2 Å². The Morgan fingerprint density at radius 3 is 1.00 bits per heavy atom. The molecule has 0 aromatic heterocycles. The summed E-state index contributed by atoms with van der Waals surface area (Å²) in [5.74, 6) is -3.68. The number of hydrogen-bond acceptors (Lipinski definition) is 7. The van der Waals surface area contributed by atoms with E-state index in [4.69, 9.17) is 40.5 Å². The summed E-state index contributed by atoms with van der Waals surface area (Å²) in [6, 6.07) is 0. The maximum absolute atomic E-state index is 10.1. The van der Waals surface area contributed by atoms with E-state index in [1.54, 1.807) is 0 Å². The van der Waals surface area contributed by atoms with Crippen LogP contribution in [0.25, 0.3) is 0 Å². The Balaban J connectivity index is 0. The Labute approximate surface area is 99.3 Å². The van der Waals surface area contributed by atoms with E-state index in [0.29, 0.717) is 0 Å². The number of hydrogen-bond donors (Lipinski definition) is 8. The van der Waals surface area contributed by atoms with Crippen LogP contribution in [0.4, 0.5) is 4.79 Å². The normalized spacial score (nSPS) is 16.4. The molecule has 11 nitrogen and oxygen atoms in total. The number of rotatable bonds is 5. The number of carboxylic acid groups (broad SMARTS) is 3. The molecule has 0 rings (SSSR count). The van der Waals surface area contributed by atoms with Gasteiger partial charge in [-0.25, -0.2) is 14.4 Å². The topological polar surface area (TPSA) is 219 Å². The smallest absolute Gasteiger partial charge is 0.402 e. The van der Waals surface area contributed by atoms with Crippen LogP contribution in [0.15, 0.2) is 0 Å². The molecule has 4 atom stereocenters. The van der Waals surface area contributed by atoms with Gasteiger partial charge in [0.1, 0.15) is 12.2 Å². The van der Waals surface area contributed by atoms with E-state index in [2.05, 4.69) is 5.73 Å². The van der Waals surface area contributed by atoms with E-state index < -0.39 is 42.4 Å². The number of aliphatic carboxylic acids is 2. The molecular formula is C7H13NO10. The van der Waals surface area contributed by atoms with Gasteiger partial charge in [-0.05, 0) is 0 Å². The molecule has 0 saturated carbocycles. The largest absolute Gasteiger partial charge is 0.479 e. The zero-order valence-electron chi connectivity index (χ0n) is 8.74. The van der Waals surface area contributed by atoms with Gasteiger partial charge in [0.25, 0.3) is 0 Å².